The second-order valence-corrected chi connectivity index (χ2v) is 7.76. The average molecular weight is 484 g/mol. The predicted octanol–water partition coefficient (Wildman–Crippen LogP) is 5.72. The number of rotatable bonds is 6. The Balaban J connectivity index is 1.81. The predicted molar refractivity (Wildman–Crippen MR) is 129 cm³/mol. The number of hydrogen-bond acceptors (Lipinski definition) is 5. The van der Waals surface area contributed by atoms with Gasteiger partial charge in [-0.05, 0) is 47.1 Å². The highest BCUT2D eigenvalue weighted by Gasteiger charge is 2.27. The van der Waals surface area contributed by atoms with Crippen molar-refractivity contribution in [2.45, 2.75) is 6.92 Å². The summed E-state index contributed by atoms with van der Waals surface area (Å²) in [4.78, 5) is 13.2. The van der Waals surface area contributed by atoms with Gasteiger partial charge in [-0.15, -0.1) is 0 Å². The Bertz CT molecular complexity index is 1320. The summed E-state index contributed by atoms with van der Waals surface area (Å²) in [6.07, 6.45) is 0. The summed E-state index contributed by atoms with van der Waals surface area (Å²) in [6.45, 7) is 1.99. The number of halogens is 1. The van der Waals surface area contributed by atoms with E-state index < -0.39 is 5.78 Å². The van der Waals surface area contributed by atoms with Gasteiger partial charge < -0.3 is 0 Å². The fraction of sp³-hybridized carbons (Fsp3) is 0.0400. The SMILES string of the molecule is Cc1ccc(-n2nc(C(=O)/C(Br)=N\Nc3ccccc3)c(C#N)c2-c2ccccc2)cc1. The van der Waals surface area contributed by atoms with Crippen molar-refractivity contribution in [2.24, 2.45) is 5.10 Å². The van der Waals surface area contributed by atoms with E-state index in [1.54, 1.807) is 4.68 Å². The molecule has 0 spiro atoms. The van der Waals surface area contributed by atoms with Gasteiger partial charge in [-0.2, -0.15) is 15.5 Å². The van der Waals surface area contributed by atoms with Crippen LogP contribution in [-0.4, -0.2) is 20.2 Å². The quantitative estimate of drug-likeness (QED) is 0.216. The minimum atomic E-state index is -0.493. The van der Waals surface area contributed by atoms with Crippen LogP contribution in [0.25, 0.3) is 16.9 Å². The molecule has 6 nitrogen and oxygen atoms in total. The third-order valence-electron chi connectivity index (χ3n) is 4.78. The maximum Gasteiger partial charge on any atom is 0.241 e. The Morgan fingerprint density at radius 2 is 1.62 bits per heavy atom. The molecule has 0 unspecified atom stereocenters. The minimum Gasteiger partial charge on any atom is -0.284 e. The van der Waals surface area contributed by atoms with Crippen LogP contribution in [0.3, 0.4) is 0 Å². The molecule has 4 aromatic rings. The monoisotopic (exact) mass is 483 g/mol. The van der Waals surface area contributed by atoms with Crippen molar-refractivity contribution < 1.29 is 4.79 Å². The average Bonchev–Trinajstić information content (AvgIpc) is 3.23. The summed E-state index contributed by atoms with van der Waals surface area (Å²) < 4.78 is 1.65. The zero-order valence-electron chi connectivity index (χ0n) is 17.2. The van der Waals surface area contributed by atoms with Gasteiger partial charge in [0.25, 0.3) is 0 Å². The van der Waals surface area contributed by atoms with Crippen LogP contribution in [0.1, 0.15) is 21.6 Å². The zero-order chi connectivity index (χ0) is 22.5. The van der Waals surface area contributed by atoms with E-state index in [4.69, 9.17) is 0 Å². The molecule has 0 aliphatic carbocycles. The van der Waals surface area contributed by atoms with Crippen LogP contribution in [0, 0.1) is 18.3 Å². The van der Waals surface area contributed by atoms with E-state index in [-0.39, 0.29) is 15.9 Å². The first-order valence-electron chi connectivity index (χ1n) is 9.83. The standard InChI is InChI=1S/C25H18BrN5O/c1-17-12-14-20(15-13-17)31-23(18-8-4-2-5-9-18)21(16-27)22(30-31)24(32)25(26)29-28-19-10-6-3-7-11-19/h2-15,28H,1H3/b29-25+. The molecule has 0 saturated heterocycles. The van der Waals surface area contributed by atoms with Gasteiger partial charge in [-0.3, -0.25) is 10.2 Å². The van der Waals surface area contributed by atoms with Gasteiger partial charge in [0.15, 0.2) is 10.3 Å². The third kappa shape index (κ3) is 4.36. The molecule has 0 saturated carbocycles. The molecular formula is C25H18BrN5O. The van der Waals surface area contributed by atoms with Crippen LogP contribution >= 0.6 is 15.9 Å². The van der Waals surface area contributed by atoms with Gasteiger partial charge in [-0.25, -0.2) is 4.68 Å². The van der Waals surface area contributed by atoms with Crippen molar-refractivity contribution in [3.8, 4) is 23.0 Å². The number of hydrazone groups is 1. The number of hydrogen-bond donors (Lipinski definition) is 1. The molecule has 0 bridgehead atoms. The summed E-state index contributed by atoms with van der Waals surface area (Å²) in [6, 6.07) is 28.6. The van der Waals surface area contributed by atoms with E-state index >= 15 is 0 Å². The van der Waals surface area contributed by atoms with Gasteiger partial charge in [0.05, 0.1) is 17.1 Å². The highest BCUT2D eigenvalue weighted by Crippen LogP contribution is 2.29. The van der Waals surface area contributed by atoms with Gasteiger partial charge in [0.1, 0.15) is 11.6 Å². The molecule has 32 heavy (non-hydrogen) atoms. The fourth-order valence-corrected chi connectivity index (χ4v) is 3.47. The molecule has 156 valence electrons. The molecular weight excluding hydrogens is 466 g/mol. The van der Waals surface area contributed by atoms with Crippen LogP contribution in [0.15, 0.2) is 90.0 Å². The maximum absolute atomic E-state index is 13.2. The van der Waals surface area contributed by atoms with Gasteiger partial charge >= 0.3 is 0 Å². The van der Waals surface area contributed by atoms with Crippen molar-refractivity contribution in [1.29, 1.82) is 5.26 Å². The first-order valence-corrected chi connectivity index (χ1v) is 10.6. The van der Waals surface area contributed by atoms with Crippen LogP contribution < -0.4 is 5.43 Å². The Morgan fingerprint density at radius 3 is 2.25 bits per heavy atom. The highest BCUT2D eigenvalue weighted by molar-refractivity contribution is 9.19. The largest absolute Gasteiger partial charge is 0.284 e. The lowest BCUT2D eigenvalue weighted by atomic mass is 10.0. The van der Waals surface area contributed by atoms with E-state index in [0.717, 1.165) is 22.5 Å². The molecule has 0 radical (unpaired) electrons. The fourth-order valence-electron chi connectivity index (χ4n) is 3.19. The molecule has 0 atom stereocenters. The molecule has 1 N–H and O–H groups in total. The maximum atomic E-state index is 13.2. The number of carbonyl (C=O) groups is 1. The molecule has 0 amide bonds. The van der Waals surface area contributed by atoms with E-state index in [2.05, 4.69) is 37.6 Å². The lowest BCUT2D eigenvalue weighted by Gasteiger charge is -2.08. The first kappa shape index (κ1) is 21.2. The Labute approximate surface area is 194 Å². The zero-order valence-corrected chi connectivity index (χ0v) is 18.7. The number of anilines is 1. The molecule has 1 aromatic heterocycles. The summed E-state index contributed by atoms with van der Waals surface area (Å²) in [7, 11) is 0. The van der Waals surface area contributed by atoms with E-state index in [9.17, 15) is 10.1 Å². The van der Waals surface area contributed by atoms with Crippen molar-refractivity contribution in [3.63, 3.8) is 0 Å². The molecule has 0 aliphatic rings. The summed E-state index contributed by atoms with van der Waals surface area (Å²) >= 11 is 3.24. The second-order valence-electron chi connectivity index (χ2n) is 7.01. The van der Waals surface area contributed by atoms with E-state index in [1.165, 1.54) is 0 Å². The van der Waals surface area contributed by atoms with Crippen molar-refractivity contribution in [3.05, 3.63) is 102 Å². The van der Waals surface area contributed by atoms with Gasteiger partial charge in [-0.1, -0.05) is 66.2 Å². The number of para-hydroxylation sites is 1. The summed E-state index contributed by atoms with van der Waals surface area (Å²) in [5, 5.41) is 18.6. The number of aryl methyl sites for hydroxylation is 1. The Morgan fingerprint density at radius 1 is 1.00 bits per heavy atom. The molecule has 7 heteroatoms. The minimum absolute atomic E-state index is 0.0195. The molecule has 0 aliphatic heterocycles. The topological polar surface area (TPSA) is 83.1 Å². The smallest absolute Gasteiger partial charge is 0.241 e. The highest BCUT2D eigenvalue weighted by atomic mass is 79.9. The number of ketones is 1. The lowest BCUT2D eigenvalue weighted by molar-refractivity contribution is 0.106. The molecule has 4 rings (SSSR count). The van der Waals surface area contributed by atoms with E-state index in [0.29, 0.717) is 5.69 Å². The number of nitrogens with one attached hydrogen (secondary N) is 1. The number of nitrogens with zero attached hydrogens (tertiary/aromatic N) is 4. The number of Topliss-reactive ketones (excluding diaryl/α,β-unsaturated/α-hetero) is 1. The number of carbonyl (C=O) groups excluding carboxylic acids is 1. The molecule has 1 heterocycles. The van der Waals surface area contributed by atoms with Gasteiger partial charge in [0.2, 0.25) is 5.78 Å². The van der Waals surface area contributed by atoms with E-state index in [1.807, 2.05) is 91.9 Å². The first-order chi connectivity index (χ1) is 15.6. The number of aromatic nitrogens is 2. The number of nitriles is 1. The molecule has 0 fully saturated rings. The van der Waals surface area contributed by atoms with Crippen molar-refractivity contribution >= 4 is 32.0 Å². The van der Waals surface area contributed by atoms with Crippen molar-refractivity contribution in [1.82, 2.24) is 9.78 Å². The summed E-state index contributed by atoms with van der Waals surface area (Å²) in [5.41, 5.74) is 6.95. The van der Waals surface area contributed by atoms with Crippen LogP contribution in [0.5, 0.6) is 0 Å². The van der Waals surface area contributed by atoms with Crippen LogP contribution in [0.4, 0.5) is 5.69 Å². The van der Waals surface area contributed by atoms with Gasteiger partial charge in [0, 0.05) is 5.56 Å². The van der Waals surface area contributed by atoms with Crippen molar-refractivity contribution in [2.75, 3.05) is 5.43 Å². The normalized spacial score (nSPS) is 11.1. The Hall–Kier alpha value is -4.02. The lowest BCUT2D eigenvalue weighted by Crippen LogP contribution is -2.12. The Kier molecular flexibility index (Phi) is 6.24. The summed E-state index contributed by atoms with van der Waals surface area (Å²) in [5.74, 6) is -0.493. The van der Waals surface area contributed by atoms with Crippen LogP contribution in [-0.2, 0) is 0 Å². The van der Waals surface area contributed by atoms with Crippen LogP contribution in [0.2, 0.25) is 0 Å². The number of benzene rings is 3. The second kappa shape index (κ2) is 9.41. The molecule has 3 aromatic carbocycles. The third-order valence-corrected chi connectivity index (χ3v) is 5.32.